The van der Waals surface area contributed by atoms with E-state index in [1.807, 2.05) is 0 Å². The Morgan fingerprint density at radius 1 is 0.294 bits per heavy atom. The van der Waals surface area contributed by atoms with E-state index in [0.29, 0.717) is 0 Å². The maximum atomic E-state index is 2.41. The third-order valence-electron chi connectivity index (χ3n) is 10.9. The van der Waals surface area contributed by atoms with Crippen LogP contribution in [0, 0.1) is 0 Å². The molecule has 1 aliphatic rings. The van der Waals surface area contributed by atoms with Crippen LogP contribution >= 0.6 is 0 Å². The second-order valence-corrected chi connectivity index (χ2v) is 13.8. The van der Waals surface area contributed by atoms with Crippen LogP contribution in [-0.2, 0) is 6.42 Å². The molecule has 0 fully saturated rings. The maximum absolute atomic E-state index is 2.41. The number of nitrogens with zero attached hydrogens (tertiary/aromatic N) is 2. The standard InChI is InChI=1S/C49H32N2/c1-5-19-46-40(15-1)41-16-2-6-20-47(41)50(46)38-13-9-11-32(28-38)34-23-25-36-27-37-26-24-35(31-45(37)44(36)30-34)33-12-10-14-39(29-33)51-48-21-7-3-17-42(48)43-18-4-8-22-49(43)51/h1-26,28-31H,27H2. The van der Waals surface area contributed by atoms with Gasteiger partial charge in [-0.05, 0) is 112 Å². The molecule has 2 heteroatoms. The molecule has 2 aromatic heterocycles. The van der Waals surface area contributed by atoms with Crippen molar-refractivity contribution in [1.82, 2.24) is 9.13 Å². The van der Waals surface area contributed by atoms with Gasteiger partial charge in [-0.25, -0.2) is 0 Å². The number of aromatic nitrogens is 2. The Morgan fingerprint density at radius 3 is 1.04 bits per heavy atom. The molecule has 0 bridgehead atoms. The smallest absolute Gasteiger partial charge is 0.0541 e. The lowest BCUT2D eigenvalue weighted by atomic mass is 9.96. The SMILES string of the molecule is c1cc(-c2ccc3c(c2)-c2cc(-c4cccc(-n5c6ccccc6c6ccccc65)c4)ccc2C3)cc(-n2c3ccccc3c3ccccc32)c1. The first-order chi connectivity index (χ1) is 25.3. The van der Waals surface area contributed by atoms with Crippen molar-refractivity contribution in [3.8, 4) is 44.8 Å². The molecule has 0 spiro atoms. The first-order valence-electron chi connectivity index (χ1n) is 17.7. The lowest BCUT2D eigenvalue weighted by molar-refractivity contribution is 1.18. The predicted molar refractivity (Wildman–Crippen MR) is 214 cm³/mol. The first-order valence-corrected chi connectivity index (χ1v) is 17.7. The van der Waals surface area contributed by atoms with E-state index in [1.54, 1.807) is 0 Å². The summed E-state index contributed by atoms with van der Waals surface area (Å²) in [7, 11) is 0. The Labute approximate surface area is 296 Å². The number of rotatable bonds is 4. The van der Waals surface area contributed by atoms with Gasteiger partial charge in [-0.2, -0.15) is 0 Å². The highest BCUT2D eigenvalue weighted by Gasteiger charge is 2.21. The number of benzene rings is 8. The van der Waals surface area contributed by atoms with Gasteiger partial charge in [-0.1, -0.05) is 121 Å². The normalized spacial score (nSPS) is 12.2. The quantitative estimate of drug-likeness (QED) is 0.180. The second kappa shape index (κ2) is 10.9. The van der Waals surface area contributed by atoms with E-state index < -0.39 is 0 Å². The van der Waals surface area contributed by atoms with Gasteiger partial charge in [0.15, 0.2) is 0 Å². The van der Waals surface area contributed by atoms with Crippen molar-refractivity contribution in [3.63, 3.8) is 0 Å². The van der Waals surface area contributed by atoms with Gasteiger partial charge in [0.25, 0.3) is 0 Å². The molecule has 0 saturated carbocycles. The molecule has 11 rings (SSSR count). The summed E-state index contributed by atoms with van der Waals surface area (Å²) in [6, 6.07) is 67.0. The topological polar surface area (TPSA) is 9.86 Å². The molecule has 1 aliphatic carbocycles. The van der Waals surface area contributed by atoms with Gasteiger partial charge >= 0.3 is 0 Å². The zero-order chi connectivity index (χ0) is 33.5. The van der Waals surface area contributed by atoms with Crippen LogP contribution < -0.4 is 0 Å². The number of fused-ring (bicyclic) bond motifs is 9. The highest BCUT2D eigenvalue weighted by molar-refractivity contribution is 6.10. The summed E-state index contributed by atoms with van der Waals surface area (Å²) in [6.07, 6.45) is 0.966. The van der Waals surface area contributed by atoms with Crippen molar-refractivity contribution >= 4 is 43.6 Å². The fourth-order valence-corrected chi connectivity index (χ4v) is 8.58. The van der Waals surface area contributed by atoms with Gasteiger partial charge in [0.2, 0.25) is 0 Å². The van der Waals surface area contributed by atoms with Gasteiger partial charge in [-0.15, -0.1) is 0 Å². The monoisotopic (exact) mass is 648 g/mol. The van der Waals surface area contributed by atoms with Crippen LogP contribution in [0.5, 0.6) is 0 Å². The summed E-state index contributed by atoms with van der Waals surface area (Å²) in [5, 5.41) is 5.13. The van der Waals surface area contributed by atoms with Crippen LogP contribution in [-0.4, -0.2) is 9.13 Å². The Balaban J connectivity index is 0.994. The summed E-state index contributed by atoms with van der Waals surface area (Å²) in [5.41, 5.74) is 17.7. The van der Waals surface area contributed by atoms with Crippen molar-refractivity contribution < 1.29 is 0 Å². The lowest BCUT2D eigenvalue weighted by Gasteiger charge is -2.12. The molecule has 0 radical (unpaired) electrons. The van der Waals surface area contributed by atoms with Crippen LogP contribution in [0.4, 0.5) is 0 Å². The van der Waals surface area contributed by atoms with Crippen molar-refractivity contribution in [1.29, 1.82) is 0 Å². The fraction of sp³-hybridized carbons (Fsp3) is 0.0204. The third kappa shape index (κ3) is 4.30. The fourth-order valence-electron chi connectivity index (χ4n) is 8.58. The van der Waals surface area contributed by atoms with Crippen molar-refractivity contribution in [2.45, 2.75) is 6.42 Å². The second-order valence-electron chi connectivity index (χ2n) is 13.8. The third-order valence-corrected chi connectivity index (χ3v) is 10.9. The lowest BCUT2D eigenvalue weighted by Crippen LogP contribution is -1.94. The maximum Gasteiger partial charge on any atom is 0.0541 e. The van der Waals surface area contributed by atoms with Crippen LogP contribution in [0.1, 0.15) is 11.1 Å². The highest BCUT2D eigenvalue weighted by atomic mass is 15.0. The van der Waals surface area contributed by atoms with Gasteiger partial charge in [-0.3, -0.25) is 0 Å². The van der Waals surface area contributed by atoms with Crippen LogP contribution in [0.25, 0.3) is 88.4 Å². The van der Waals surface area contributed by atoms with Crippen molar-refractivity contribution in [2.24, 2.45) is 0 Å². The van der Waals surface area contributed by atoms with Crippen LogP contribution in [0.2, 0.25) is 0 Å². The summed E-state index contributed by atoms with van der Waals surface area (Å²) >= 11 is 0. The Bertz CT molecular complexity index is 2700. The van der Waals surface area contributed by atoms with E-state index in [0.717, 1.165) is 6.42 Å². The summed E-state index contributed by atoms with van der Waals surface area (Å²) in [5.74, 6) is 0. The Kier molecular flexibility index (Phi) is 6.05. The van der Waals surface area contributed by atoms with Crippen molar-refractivity contribution in [3.05, 3.63) is 193 Å². The molecule has 0 unspecified atom stereocenters. The number of hydrogen-bond donors (Lipinski definition) is 0. The summed E-state index contributed by atoms with van der Waals surface area (Å²) < 4.78 is 4.80. The van der Waals surface area contributed by atoms with Gasteiger partial charge in [0, 0.05) is 32.9 Å². The average molecular weight is 649 g/mol. The van der Waals surface area contributed by atoms with Gasteiger partial charge < -0.3 is 9.13 Å². The minimum Gasteiger partial charge on any atom is -0.309 e. The van der Waals surface area contributed by atoms with E-state index in [-0.39, 0.29) is 0 Å². The zero-order valence-corrected chi connectivity index (χ0v) is 27.9. The molecule has 2 nitrogen and oxygen atoms in total. The summed E-state index contributed by atoms with van der Waals surface area (Å²) in [6.45, 7) is 0. The molecule has 0 aliphatic heterocycles. The summed E-state index contributed by atoms with van der Waals surface area (Å²) in [4.78, 5) is 0. The van der Waals surface area contributed by atoms with Crippen LogP contribution in [0.15, 0.2) is 182 Å². The molecule has 0 N–H and O–H groups in total. The minimum atomic E-state index is 0.966. The van der Waals surface area contributed by atoms with E-state index in [4.69, 9.17) is 0 Å². The van der Waals surface area contributed by atoms with E-state index in [2.05, 4.69) is 191 Å². The van der Waals surface area contributed by atoms with E-state index >= 15 is 0 Å². The van der Waals surface area contributed by atoms with Gasteiger partial charge in [0.1, 0.15) is 0 Å². The molecule has 238 valence electrons. The number of para-hydroxylation sites is 4. The van der Waals surface area contributed by atoms with E-state index in [1.165, 1.54) is 99.5 Å². The molecule has 51 heavy (non-hydrogen) atoms. The van der Waals surface area contributed by atoms with E-state index in [9.17, 15) is 0 Å². The predicted octanol–water partition coefficient (Wildman–Crippen LogP) is 12.8. The highest BCUT2D eigenvalue weighted by Crippen LogP contribution is 2.42. The average Bonchev–Trinajstić information content (AvgIpc) is 3.85. The zero-order valence-electron chi connectivity index (χ0n) is 27.9. The Morgan fingerprint density at radius 2 is 0.647 bits per heavy atom. The molecular weight excluding hydrogens is 617 g/mol. The molecule has 10 aromatic rings. The number of hydrogen-bond acceptors (Lipinski definition) is 0. The van der Waals surface area contributed by atoms with Gasteiger partial charge in [0.05, 0.1) is 22.1 Å². The van der Waals surface area contributed by atoms with Crippen LogP contribution in [0.3, 0.4) is 0 Å². The molecule has 8 aromatic carbocycles. The van der Waals surface area contributed by atoms with Crippen molar-refractivity contribution in [2.75, 3.05) is 0 Å². The molecule has 0 atom stereocenters. The molecule has 0 amide bonds. The molecular formula is C49H32N2. The molecule has 2 heterocycles. The Hall–Kier alpha value is -6.64. The largest absolute Gasteiger partial charge is 0.309 e. The minimum absolute atomic E-state index is 0.966. The first kappa shape index (κ1) is 28.2. The molecule has 0 saturated heterocycles.